The number of fused-ring (bicyclic) bond motifs is 1. The number of hydrogen-bond donors (Lipinski definition) is 2. The Hall–Kier alpha value is -2.85. The van der Waals surface area contributed by atoms with Gasteiger partial charge >= 0.3 is 5.97 Å². The molecule has 0 aliphatic heterocycles. The van der Waals surface area contributed by atoms with Gasteiger partial charge in [-0.25, -0.2) is 0 Å². The van der Waals surface area contributed by atoms with Gasteiger partial charge in [-0.3, -0.25) is 9.89 Å². The number of nitriles is 1. The number of aromatic nitrogens is 2. The SMILES string of the molecule is CC(C)(C)OC(=O)[C@@H]1[C@H](c2ccc(C#N)cc2)c2c(OC(C)(C)C)n[nH]c2C[C@@]1(C)O. The molecule has 0 amide bonds. The fourth-order valence-electron chi connectivity index (χ4n) is 4.06. The van der Waals surface area contributed by atoms with Gasteiger partial charge in [0, 0.05) is 23.6 Å². The average Bonchev–Trinajstić information content (AvgIpc) is 2.98. The molecule has 3 atom stereocenters. The highest BCUT2D eigenvalue weighted by atomic mass is 16.6. The van der Waals surface area contributed by atoms with Crippen molar-refractivity contribution in [2.75, 3.05) is 0 Å². The molecule has 0 saturated carbocycles. The van der Waals surface area contributed by atoms with Crippen molar-refractivity contribution >= 4 is 5.97 Å². The summed E-state index contributed by atoms with van der Waals surface area (Å²) in [5.74, 6) is -1.52. The van der Waals surface area contributed by atoms with Gasteiger partial charge in [0.15, 0.2) is 0 Å². The Morgan fingerprint density at radius 1 is 1.19 bits per heavy atom. The Balaban J connectivity index is 2.20. The Bertz CT molecular complexity index is 1000. The van der Waals surface area contributed by atoms with Crippen molar-refractivity contribution in [1.82, 2.24) is 10.2 Å². The van der Waals surface area contributed by atoms with Gasteiger partial charge < -0.3 is 14.6 Å². The van der Waals surface area contributed by atoms with E-state index in [9.17, 15) is 15.2 Å². The molecule has 2 aromatic rings. The number of carbonyl (C=O) groups is 1. The highest BCUT2D eigenvalue weighted by molar-refractivity contribution is 5.78. The first-order valence-electron chi connectivity index (χ1n) is 10.4. The summed E-state index contributed by atoms with van der Waals surface area (Å²) in [6, 6.07) is 9.13. The molecule has 7 heteroatoms. The molecule has 0 saturated heterocycles. The number of hydrogen-bond acceptors (Lipinski definition) is 6. The number of ether oxygens (including phenoxy) is 2. The van der Waals surface area contributed by atoms with Crippen molar-refractivity contribution in [1.29, 1.82) is 5.26 Å². The van der Waals surface area contributed by atoms with Gasteiger partial charge in [0.1, 0.15) is 11.2 Å². The van der Waals surface area contributed by atoms with Gasteiger partial charge in [0.25, 0.3) is 0 Å². The second-order valence-corrected chi connectivity index (χ2v) is 10.4. The number of rotatable bonds is 3. The van der Waals surface area contributed by atoms with Crippen LogP contribution in [0.2, 0.25) is 0 Å². The highest BCUT2D eigenvalue weighted by Gasteiger charge is 2.52. The van der Waals surface area contributed by atoms with Crippen molar-refractivity contribution in [2.24, 2.45) is 5.92 Å². The molecule has 0 unspecified atom stereocenters. The third-order valence-corrected chi connectivity index (χ3v) is 5.16. The van der Waals surface area contributed by atoms with Crippen molar-refractivity contribution in [3.63, 3.8) is 0 Å². The summed E-state index contributed by atoms with van der Waals surface area (Å²) in [7, 11) is 0. The second-order valence-electron chi connectivity index (χ2n) is 10.4. The van der Waals surface area contributed by atoms with Crippen molar-refractivity contribution in [2.45, 2.75) is 77.6 Å². The molecule has 2 N–H and O–H groups in total. The zero-order valence-electron chi connectivity index (χ0n) is 19.2. The summed E-state index contributed by atoms with van der Waals surface area (Å²) < 4.78 is 11.8. The maximum absolute atomic E-state index is 13.4. The molecule has 3 rings (SSSR count). The molecule has 0 radical (unpaired) electrons. The molecule has 0 bridgehead atoms. The number of nitrogens with zero attached hydrogens (tertiary/aromatic N) is 2. The van der Waals surface area contributed by atoms with E-state index >= 15 is 0 Å². The van der Waals surface area contributed by atoms with Gasteiger partial charge in [-0.15, -0.1) is 5.10 Å². The lowest BCUT2D eigenvalue weighted by Crippen LogP contribution is -2.50. The smallest absolute Gasteiger partial charge is 0.313 e. The molecule has 1 aliphatic rings. The lowest BCUT2D eigenvalue weighted by molar-refractivity contribution is -0.171. The number of benzene rings is 1. The Morgan fingerprint density at radius 2 is 1.81 bits per heavy atom. The first-order valence-corrected chi connectivity index (χ1v) is 10.4. The number of H-pyrrole nitrogens is 1. The van der Waals surface area contributed by atoms with Crippen LogP contribution in [0.15, 0.2) is 24.3 Å². The predicted molar refractivity (Wildman–Crippen MR) is 116 cm³/mol. The third kappa shape index (κ3) is 4.91. The summed E-state index contributed by atoms with van der Waals surface area (Å²) in [5.41, 5.74) is 0.165. The summed E-state index contributed by atoms with van der Waals surface area (Å²) >= 11 is 0. The second kappa shape index (κ2) is 7.69. The van der Waals surface area contributed by atoms with Crippen LogP contribution in [-0.4, -0.2) is 38.1 Å². The summed E-state index contributed by atoms with van der Waals surface area (Å²) in [5, 5.41) is 27.9. The van der Waals surface area contributed by atoms with Crippen LogP contribution in [0, 0.1) is 17.2 Å². The van der Waals surface area contributed by atoms with E-state index in [1.54, 1.807) is 52.0 Å². The third-order valence-electron chi connectivity index (χ3n) is 5.16. The minimum absolute atomic E-state index is 0.208. The maximum Gasteiger partial charge on any atom is 0.313 e. The van der Waals surface area contributed by atoms with E-state index < -0.39 is 34.6 Å². The van der Waals surface area contributed by atoms with Gasteiger partial charge in [-0.2, -0.15) is 5.26 Å². The fourth-order valence-corrected chi connectivity index (χ4v) is 4.06. The van der Waals surface area contributed by atoms with E-state index in [0.717, 1.165) is 16.8 Å². The topological polar surface area (TPSA) is 108 Å². The monoisotopic (exact) mass is 425 g/mol. The molecule has 31 heavy (non-hydrogen) atoms. The molecule has 1 aromatic carbocycles. The van der Waals surface area contributed by atoms with Crippen LogP contribution in [0.5, 0.6) is 5.88 Å². The van der Waals surface area contributed by atoms with Crippen molar-refractivity contribution < 1.29 is 19.4 Å². The lowest BCUT2D eigenvalue weighted by Gasteiger charge is -2.42. The van der Waals surface area contributed by atoms with Gasteiger partial charge in [-0.05, 0) is 66.2 Å². The summed E-state index contributed by atoms with van der Waals surface area (Å²) in [6.07, 6.45) is 0.208. The van der Waals surface area contributed by atoms with E-state index in [1.165, 1.54) is 0 Å². The predicted octanol–water partition coefficient (Wildman–Crippen LogP) is 3.86. The van der Waals surface area contributed by atoms with Gasteiger partial charge in [0.05, 0.1) is 23.2 Å². The van der Waals surface area contributed by atoms with E-state index in [2.05, 4.69) is 16.3 Å². The number of nitrogens with one attached hydrogen (secondary N) is 1. The zero-order chi connectivity index (χ0) is 23.2. The molecule has 0 fully saturated rings. The molecular formula is C24H31N3O4. The quantitative estimate of drug-likeness (QED) is 0.723. The van der Waals surface area contributed by atoms with Crippen molar-refractivity contribution in [3.8, 4) is 11.9 Å². The molecule has 0 spiro atoms. The van der Waals surface area contributed by atoms with E-state index in [0.29, 0.717) is 11.4 Å². The molecule has 166 valence electrons. The number of aromatic amines is 1. The molecular weight excluding hydrogens is 394 g/mol. The average molecular weight is 426 g/mol. The molecule has 1 aliphatic carbocycles. The Kier molecular flexibility index (Phi) is 5.66. The minimum Gasteiger partial charge on any atom is -0.471 e. The summed E-state index contributed by atoms with van der Waals surface area (Å²) in [6.45, 7) is 12.8. The standard InChI is InChI=1S/C24H31N3O4/c1-22(2,3)30-20-18-16(26-27-20)12-24(7,29)19(21(28)31-23(4,5)6)17(18)15-10-8-14(13-25)9-11-15/h8-11,17,19,29H,12H2,1-7H3,(H,26,27)/t17-,19+,24-/m1/s1. The largest absolute Gasteiger partial charge is 0.471 e. The van der Waals surface area contributed by atoms with Crippen LogP contribution >= 0.6 is 0 Å². The zero-order valence-corrected chi connectivity index (χ0v) is 19.2. The van der Waals surface area contributed by atoms with Crippen LogP contribution in [0.1, 0.15) is 76.8 Å². The van der Waals surface area contributed by atoms with Crippen LogP contribution in [0.3, 0.4) is 0 Å². The first kappa shape index (κ1) is 22.8. The number of aliphatic hydroxyl groups is 1. The molecule has 1 aromatic heterocycles. The maximum atomic E-state index is 13.4. The van der Waals surface area contributed by atoms with Crippen molar-refractivity contribution in [3.05, 3.63) is 46.6 Å². The van der Waals surface area contributed by atoms with E-state index in [4.69, 9.17) is 9.47 Å². The van der Waals surface area contributed by atoms with Gasteiger partial charge in [-0.1, -0.05) is 12.1 Å². The Morgan fingerprint density at radius 3 is 2.32 bits per heavy atom. The Labute approximate surface area is 183 Å². The fraction of sp³-hybridized carbons (Fsp3) is 0.542. The lowest BCUT2D eigenvalue weighted by atomic mass is 9.66. The van der Waals surface area contributed by atoms with E-state index in [1.807, 2.05) is 20.8 Å². The minimum atomic E-state index is -1.38. The van der Waals surface area contributed by atoms with Crippen LogP contribution in [0.25, 0.3) is 0 Å². The normalized spacial score (nSPS) is 23.6. The van der Waals surface area contributed by atoms with Crippen LogP contribution in [0.4, 0.5) is 0 Å². The van der Waals surface area contributed by atoms with Crippen LogP contribution in [-0.2, 0) is 16.0 Å². The first-order chi connectivity index (χ1) is 14.2. The highest BCUT2D eigenvalue weighted by Crippen LogP contribution is 2.49. The van der Waals surface area contributed by atoms with E-state index in [-0.39, 0.29) is 6.42 Å². The molecule has 7 nitrogen and oxygen atoms in total. The molecule has 1 heterocycles. The van der Waals surface area contributed by atoms with Crippen LogP contribution < -0.4 is 4.74 Å². The van der Waals surface area contributed by atoms with Gasteiger partial charge in [0.2, 0.25) is 5.88 Å². The number of esters is 1. The number of carbonyl (C=O) groups excluding carboxylic acids is 1. The summed E-state index contributed by atoms with van der Waals surface area (Å²) in [4.78, 5) is 13.4.